The van der Waals surface area contributed by atoms with Crippen LogP contribution in [0.4, 0.5) is 11.4 Å². The first-order valence-corrected chi connectivity index (χ1v) is 9.73. The second kappa shape index (κ2) is 7.50. The summed E-state index contributed by atoms with van der Waals surface area (Å²) in [6.07, 6.45) is 1.94. The highest BCUT2D eigenvalue weighted by Gasteiger charge is 2.35. The Kier molecular flexibility index (Phi) is 4.92. The molecule has 1 aromatic heterocycles. The van der Waals surface area contributed by atoms with Gasteiger partial charge < -0.3 is 10.2 Å². The van der Waals surface area contributed by atoms with E-state index in [9.17, 15) is 9.59 Å². The van der Waals surface area contributed by atoms with Gasteiger partial charge in [0.05, 0.1) is 16.6 Å². The van der Waals surface area contributed by atoms with Gasteiger partial charge in [0, 0.05) is 35.8 Å². The molecule has 7 heteroatoms. The van der Waals surface area contributed by atoms with Gasteiger partial charge in [-0.2, -0.15) is 0 Å². The number of anilines is 2. The van der Waals surface area contributed by atoms with Gasteiger partial charge >= 0.3 is 0 Å². The number of hydrogen-bond donors (Lipinski definition) is 1. The van der Waals surface area contributed by atoms with Crippen LogP contribution < -0.4 is 10.2 Å². The van der Waals surface area contributed by atoms with Crippen LogP contribution >= 0.6 is 22.9 Å². The molecule has 1 saturated heterocycles. The number of nitrogens with one attached hydrogen (secondary N) is 1. The molecule has 4 rings (SSSR count). The van der Waals surface area contributed by atoms with Crippen LogP contribution in [0, 0.1) is 5.92 Å². The molecule has 2 aromatic carbocycles. The molecule has 5 nitrogen and oxygen atoms in total. The third-order valence-corrected chi connectivity index (χ3v) is 5.61. The molecule has 136 valence electrons. The van der Waals surface area contributed by atoms with Crippen molar-refractivity contribution in [1.82, 2.24) is 4.98 Å². The van der Waals surface area contributed by atoms with Crippen LogP contribution in [0.2, 0.25) is 5.02 Å². The van der Waals surface area contributed by atoms with E-state index in [4.69, 9.17) is 11.6 Å². The molecular formula is C20H16ClN3O2S. The molecule has 0 radical (unpaired) electrons. The minimum absolute atomic E-state index is 0.0950. The summed E-state index contributed by atoms with van der Waals surface area (Å²) in [7, 11) is 0. The average Bonchev–Trinajstić information content (AvgIpc) is 3.33. The number of para-hydroxylation sites is 1. The predicted octanol–water partition coefficient (Wildman–Crippen LogP) is 4.46. The van der Waals surface area contributed by atoms with Gasteiger partial charge in [0.15, 0.2) is 0 Å². The average molecular weight is 398 g/mol. The number of hydrogen-bond acceptors (Lipinski definition) is 4. The highest BCUT2D eigenvalue weighted by Crippen LogP contribution is 2.31. The van der Waals surface area contributed by atoms with Crippen molar-refractivity contribution in [1.29, 1.82) is 0 Å². The Labute approximate surface area is 165 Å². The molecule has 0 aliphatic carbocycles. The van der Waals surface area contributed by atoms with Crippen molar-refractivity contribution < 1.29 is 9.59 Å². The number of halogens is 1. The third-order valence-electron chi connectivity index (χ3n) is 4.47. The third kappa shape index (κ3) is 3.72. The largest absolute Gasteiger partial charge is 0.326 e. The maximum absolute atomic E-state index is 12.6. The fourth-order valence-corrected chi connectivity index (χ4v) is 3.98. The Balaban J connectivity index is 1.43. The number of thiazole rings is 1. The predicted molar refractivity (Wildman–Crippen MR) is 108 cm³/mol. The van der Waals surface area contributed by atoms with Crippen molar-refractivity contribution in [2.24, 2.45) is 5.92 Å². The summed E-state index contributed by atoms with van der Waals surface area (Å²) in [6.45, 7) is 0.325. The second-order valence-electron chi connectivity index (χ2n) is 6.26. The van der Waals surface area contributed by atoms with Crippen molar-refractivity contribution in [2.75, 3.05) is 16.8 Å². The molecule has 27 heavy (non-hydrogen) atoms. The van der Waals surface area contributed by atoms with Crippen LogP contribution in [-0.2, 0) is 9.59 Å². The van der Waals surface area contributed by atoms with Crippen LogP contribution in [0.5, 0.6) is 0 Å². The maximum Gasteiger partial charge on any atom is 0.229 e. The molecule has 3 aromatic rings. The zero-order valence-corrected chi connectivity index (χ0v) is 15.8. The summed E-state index contributed by atoms with van der Waals surface area (Å²) >= 11 is 7.75. The summed E-state index contributed by atoms with van der Waals surface area (Å²) in [5, 5.41) is 6.26. The standard InChI is InChI=1S/C20H16ClN3O2S/c21-16-3-1-2-4-17(16)24-12-14(11-18(24)25)19(26)23-15-7-5-13(6-8-15)20-22-9-10-27-20/h1-10,14H,11-12H2,(H,23,26). The minimum Gasteiger partial charge on any atom is -0.326 e. The fourth-order valence-electron chi connectivity index (χ4n) is 3.09. The van der Waals surface area contributed by atoms with Crippen molar-refractivity contribution in [3.8, 4) is 10.6 Å². The molecule has 0 bridgehead atoms. The van der Waals surface area contributed by atoms with Crippen molar-refractivity contribution in [2.45, 2.75) is 6.42 Å². The number of carbonyl (C=O) groups is 2. The SMILES string of the molecule is O=C(Nc1ccc(-c2nccs2)cc1)C1CC(=O)N(c2ccccc2Cl)C1. The van der Waals surface area contributed by atoms with E-state index in [0.29, 0.717) is 22.9 Å². The lowest BCUT2D eigenvalue weighted by Crippen LogP contribution is -2.28. The summed E-state index contributed by atoms with van der Waals surface area (Å²) in [5.41, 5.74) is 2.35. The zero-order valence-electron chi connectivity index (χ0n) is 14.3. The van der Waals surface area contributed by atoms with Gasteiger partial charge in [-0.1, -0.05) is 23.7 Å². The van der Waals surface area contributed by atoms with Gasteiger partial charge in [0.2, 0.25) is 11.8 Å². The highest BCUT2D eigenvalue weighted by molar-refractivity contribution is 7.13. The summed E-state index contributed by atoms with van der Waals surface area (Å²) < 4.78 is 0. The van der Waals surface area contributed by atoms with Gasteiger partial charge in [0.1, 0.15) is 5.01 Å². The molecule has 2 amide bonds. The number of amides is 2. The van der Waals surface area contributed by atoms with Crippen LogP contribution in [0.1, 0.15) is 6.42 Å². The van der Waals surface area contributed by atoms with E-state index in [2.05, 4.69) is 10.3 Å². The first-order chi connectivity index (χ1) is 13.1. The number of benzene rings is 2. The molecule has 0 saturated carbocycles. The lowest BCUT2D eigenvalue weighted by Gasteiger charge is -2.18. The monoisotopic (exact) mass is 397 g/mol. The van der Waals surface area contributed by atoms with Gasteiger partial charge in [-0.15, -0.1) is 11.3 Å². The maximum atomic E-state index is 12.6. The van der Waals surface area contributed by atoms with Crippen LogP contribution in [0.25, 0.3) is 10.6 Å². The van der Waals surface area contributed by atoms with E-state index in [-0.39, 0.29) is 18.2 Å². The molecule has 1 aliphatic heterocycles. The Morgan fingerprint density at radius 3 is 2.67 bits per heavy atom. The van der Waals surface area contributed by atoms with Crippen molar-refractivity contribution >= 4 is 46.1 Å². The minimum atomic E-state index is -0.410. The lowest BCUT2D eigenvalue weighted by molar-refractivity contribution is -0.122. The van der Waals surface area contributed by atoms with E-state index < -0.39 is 5.92 Å². The second-order valence-corrected chi connectivity index (χ2v) is 7.56. The van der Waals surface area contributed by atoms with Gasteiger partial charge in [-0.05, 0) is 36.4 Å². The zero-order chi connectivity index (χ0) is 18.8. The molecule has 1 fully saturated rings. The quantitative estimate of drug-likeness (QED) is 0.707. The number of nitrogens with zero attached hydrogens (tertiary/aromatic N) is 2. The fraction of sp³-hybridized carbons (Fsp3) is 0.150. The normalized spacial score (nSPS) is 16.6. The van der Waals surface area contributed by atoms with E-state index in [1.165, 1.54) is 0 Å². The summed E-state index contributed by atoms with van der Waals surface area (Å²) in [6, 6.07) is 14.7. The number of carbonyl (C=O) groups excluding carboxylic acids is 2. The molecule has 1 aliphatic rings. The Bertz CT molecular complexity index is 973. The molecule has 1 N–H and O–H groups in total. The topological polar surface area (TPSA) is 62.3 Å². The van der Waals surface area contributed by atoms with Crippen molar-refractivity contribution in [3.05, 3.63) is 65.1 Å². The van der Waals surface area contributed by atoms with Crippen LogP contribution in [0.15, 0.2) is 60.1 Å². The summed E-state index contributed by atoms with van der Waals surface area (Å²) in [5.74, 6) is -0.672. The first-order valence-electron chi connectivity index (χ1n) is 8.47. The Morgan fingerprint density at radius 1 is 1.19 bits per heavy atom. The van der Waals surface area contributed by atoms with Gasteiger partial charge in [-0.25, -0.2) is 4.98 Å². The first kappa shape index (κ1) is 17.7. The van der Waals surface area contributed by atoms with Crippen LogP contribution in [-0.4, -0.2) is 23.3 Å². The van der Waals surface area contributed by atoms with Gasteiger partial charge in [0.25, 0.3) is 0 Å². The van der Waals surface area contributed by atoms with Gasteiger partial charge in [-0.3, -0.25) is 9.59 Å². The van der Waals surface area contributed by atoms with Crippen molar-refractivity contribution in [3.63, 3.8) is 0 Å². The Morgan fingerprint density at radius 2 is 1.96 bits per heavy atom. The molecule has 0 spiro atoms. The molecular weight excluding hydrogens is 382 g/mol. The smallest absolute Gasteiger partial charge is 0.229 e. The molecule has 1 unspecified atom stereocenters. The van der Waals surface area contributed by atoms with Crippen LogP contribution in [0.3, 0.4) is 0 Å². The number of rotatable bonds is 4. The summed E-state index contributed by atoms with van der Waals surface area (Å²) in [4.78, 5) is 30.8. The highest BCUT2D eigenvalue weighted by atomic mass is 35.5. The molecule has 2 heterocycles. The number of aromatic nitrogens is 1. The Hall–Kier alpha value is -2.70. The lowest BCUT2D eigenvalue weighted by atomic mass is 10.1. The van der Waals surface area contributed by atoms with E-state index in [0.717, 1.165) is 10.6 Å². The molecule has 1 atom stereocenters. The van der Waals surface area contributed by atoms with E-state index >= 15 is 0 Å². The van der Waals surface area contributed by atoms with E-state index in [1.54, 1.807) is 34.6 Å². The van der Waals surface area contributed by atoms with E-state index in [1.807, 2.05) is 41.8 Å².